The van der Waals surface area contributed by atoms with E-state index in [4.69, 9.17) is 99.5 Å². The molecule has 110 heavy (non-hydrogen) atoms. The first-order valence-electron chi connectivity index (χ1n) is 36.7. The van der Waals surface area contributed by atoms with Gasteiger partial charge in [0.1, 0.15) is 171 Å². The molecule has 21 fully saturated rings. The predicted molar refractivity (Wildman–Crippen MR) is 361 cm³/mol. The molecule has 0 aliphatic carbocycles. The van der Waals surface area contributed by atoms with Crippen molar-refractivity contribution < 1.29 is 207 Å². The second-order valence-corrected chi connectivity index (χ2v) is 29.1. The van der Waals surface area contributed by atoms with Crippen LogP contribution in [-0.2, 0) is 99.5 Å². The third kappa shape index (κ3) is 26.4. The van der Waals surface area contributed by atoms with Crippen LogP contribution in [0.25, 0.3) is 0 Å². The summed E-state index contributed by atoms with van der Waals surface area (Å²) >= 11 is 0. The highest BCUT2D eigenvalue weighted by molar-refractivity contribution is 5.06. The average Bonchev–Trinajstić information content (AvgIpc) is 0.776. The Bertz CT molecular complexity index is 2150. The molecular weight excluding hydrogens is 1490 g/mol. The average molecular weight is 1610 g/mol. The van der Waals surface area contributed by atoms with Crippen molar-refractivity contribution >= 4 is 0 Å². The molecule has 21 aliphatic heterocycles. The third-order valence-electron chi connectivity index (χ3n) is 18.4. The molecule has 0 aromatic rings. The van der Waals surface area contributed by atoms with E-state index in [1.54, 1.807) is 6.08 Å². The number of ether oxygens (including phenoxy) is 21. The van der Waals surface area contributed by atoms with E-state index in [1.807, 2.05) is 6.92 Å². The maximum absolute atomic E-state index is 12.1. The smallest absolute Gasteiger partial charge is 0.187 e. The van der Waals surface area contributed by atoms with Crippen LogP contribution in [-0.4, -0.2) is 457 Å². The highest BCUT2D eigenvalue weighted by Gasteiger charge is 2.60. The maximum Gasteiger partial charge on any atom is 0.187 e. The lowest BCUT2D eigenvalue weighted by molar-refractivity contribution is -0.398. The third-order valence-corrected chi connectivity index (χ3v) is 18.4. The van der Waals surface area contributed by atoms with Crippen LogP contribution >= 0.6 is 0 Å². The van der Waals surface area contributed by atoms with Crippen molar-refractivity contribution in [3.05, 3.63) is 24.8 Å². The lowest BCUT2D eigenvalue weighted by Crippen LogP contribution is -2.68. The zero-order valence-electron chi connectivity index (χ0n) is 62.6. The molecule has 0 amide bonds. The molecule has 0 aromatic heterocycles. The molecule has 7 unspecified atom stereocenters. The van der Waals surface area contributed by atoms with Gasteiger partial charge in [-0.3, -0.25) is 0 Å². The van der Waals surface area contributed by atoms with E-state index in [0.717, 1.165) is 5.57 Å². The number of aliphatic hydroxyl groups excluding tert-OH is 21. The maximum atomic E-state index is 12.1. The Morgan fingerprint density at radius 3 is 0.445 bits per heavy atom. The van der Waals surface area contributed by atoms with E-state index in [1.165, 1.54) is 48.5 Å². The summed E-state index contributed by atoms with van der Waals surface area (Å²) in [5, 5.41) is 240. The fraction of sp³-hybridized carbons (Fsp3) is 0.941. The number of aliphatic hydroxyl groups is 21. The SMILES string of the molecule is C=CC(=C)C.CC(O)COC[C@H]1O[C@@H]2O[C@H]3[C@H](O)[C@@H](O)[C@@H](O[C@H]4[C@H](O)[C@@H](O)[C@@H](O[C@H]5[C@H](O)[C@@H](O)[C@@H](O[C@H]6[C@H](O)[C@@H](O)[C@@H](O[C@H]7[C@H](O)[C@@H](O)[C@@H](O[C@H]8[C@H](O)[C@@H](O)[C@@H](O[C@H]1[C@H](O)[C@H]2O)O[C@@H]8COCC(C)O)O[C@@H]7COCC(C)O)O[C@@H]6COCC(C)O)O[C@@H]5COCC(C)O)O[C@@H]4COCC(C)O)O[C@@H]3COCC(C)O. The van der Waals surface area contributed by atoms with Gasteiger partial charge in [0, 0.05) is 0 Å². The van der Waals surface area contributed by atoms with E-state index in [2.05, 4.69) is 13.2 Å². The van der Waals surface area contributed by atoms with Crippen LogP contribution in [0.5, 0.6) is 0 Å². The highest BCUT2D eigenvalue weighted by atomic mass is 16.8. The van der Waals surface area contributed by atoms with Crippen molar-refractivity contribution in [1.29, 1.82) is 0 Å². The van der Waals surface area contributed by atoms with Crippen molar-refractivity contribution in [2.45, 2.75) is 313 Å². The number of hydrogen-bond acceptors (Lipinski definition) is 42. The largest absolute Gasteiger partial charge is 0.391 e. The van der Waals surface area contributed by atoms with Crippen molar-refractivity contribution in [2.75, 3.05) is 92.5 Å². The van der Waals surface area contributed by atoms with Crippen molar-refractivity contribution in [3.8, 4) is 0 Å². The Kier molecular flexibility index (Phi) is 38.9. The van der Waals surface area contributed by atoms with Gasteiger partial charge in [0.2, 0.25) is 0 Å². The second-order valence-electron chi connectivity index (χ2n) is 29.1. The molecule has 0 spiro atoms. The molecule has 0 radical (unpaired) electrons. The molecule has 21 saturated heterocycles. The molecule has 42 atom stereocenters. The Morgan fingerprint density at radius 2 is 0.355 bits per heavy atom. The molecule has 0 saturated carbocycles. The monoisotopic (exact) mass is 1610 g/mol. The summed E-state index contributed by atoms with van der Waals surface area (Å²) in [6, 6.07) is 0. The van der Waals surface area contributed by atoms with Gasteiger partial charge in [-0.05, 0) is 55.4 Å². The first-order chi connectivity index (χ1) is 51.9. The van der Waals surface area contributed by atoms with Gasteiger partial charge < -0.3 is 207 Å². The molecule has 21 rings (SSSR count). The zero-order chi connectivity index (χ0) is 81.3. The van der Waals surface area contributed by atoms with Crippen LogP contribution in [0.15, 0.2) is 24.8 Å². The van der Waals surface area contributed by atoms with Crippen molar-refractivity contribution in [3.63, 3.8) is 0 Å². The van der Waals surface area contributed by atoms with Gasteiger partial charge in [0.25, 0.3) is 0 Å². The van der Waals surface area contributed by atoms with Gasteiger partial charge in [-0.2, -0.15) is 0 Å². The van der Waals surface area contributed by atoms with Crippen LogP contribution in [0.2, 0.25) is 0 Å². The minimum Gasteiger partial charge on any atom is -0.391 e. The van der Waals surface area contributed by atoms with E-state index >= 15 is 0 Å². The first-order valence-corrected chi connectivity index (χ1v) is 36.7. The van der Waals surface area contributed by atoms with Crippen LogP contribution in [0.4, 0.5) is 0 Å². The van der Waals surface area contributed by atoms with E-state index in [9.17, 15) is 107 Å². The summed E-state index contributed by atoms with van der Waals surface area (Å²) < 4.78 is 126. The summed E-state index contributed by atoms with van der Waals surface area (Å²) in [7, 11) is 0. The normalized spacial score (nSPS) is 44.2. The van der Waals surface area contributed by atoms with Crippen molar-refractivity contribution in [2.24, 2.45) is 0 Å². The molecule has 21 aliphatic rings. The van der Waals surface area contributed by atoms with Gasteiger partial charge in [-0.15, -0.1) is 0 Å². The standard InChI is InChI=1S/C63H112O42.C5H8/c1-22(64)8-85-15-29-50-36(71)43(78)57(92-29)100-51-30(16-86-9-23(2)65)94-59(45(80)38(51)73)102-53-32(18-88-11-25(4)67)96-61(47(82)40(53)75)104-55-34(20-90-13-27(6)69)98-63(49(84)42(55)77)105-56-35(21-91-14-28(7)70)97-62(48(83)41(56)76)103-54-33(19-89-12-26(5)68)95-60(46(81)39(54)74)101-52-31(17-87-10-24(3)66)93-58(99-50)44(79)37(52)72;1-4-5(2)3/h22-84H,8-21H2,1-7H3;4H,1-2H2,3H3/t22?,23?,24?,25?,26?,27?,28?,29-,30-,31-,32-,33-,34-,35-,36-,37-,38-,39-,40-,41-,42-,43-,44-,45-,46-,47-,48-,49-,50-,51-,52-,53-,54-,55-,56-,57-,58-,59-,60-,61-,62-,63-;/m1./s1. The number of rotatable bonds is 29. The first kappa shape index (κ1) is 94.9. The predicted octanol–water partition coefficient (Wildman–Crippen LogP) is -10.6. The van der Waals surface area contributed by atoms with Gasteiger partial charge in [0.05, 0.1) is 135 Å². The molecule has 42 nitrogen and oxygen atoms in total. The Hall–Kier alpha value is -2.20. The molecule has 644 valence electrons. The lowest BCUT2D eigenvalue weighted by Gasteiger charge is -2.50. The topological polar surface area (TPSA) is 619 Å². The fourth-order valence-corrected chi connectivity index (χ4v) is 12.8. The lowest BCUT2D eigenvalue weighted by atomic mass is 9.95. The summed E-state index contributed by atoms with van der Waals surface area (Å²) in [4.78, 5) is 0. The number of allylic oxidation sites excluding steroid dienone is 2. The van der Waals surface area contributed by atoms with Gasteiger partial charge in [-0.25, -0.2) is 0 Å². The molecule has 21 N–H and O–H groups in total. The molecular formula is C68H120O42. The van der Waals surface area contributed by atoms with Crippen molar-refractivity contribution in [1.82, 2.24) is 0 Å². The van der Waals surface area contributed by atoms with E-state index in [0.29, 0.717) is 0 Å². The Morgan fingerprint density at radius 1 is 0.245 bits per heavy atom. The zero-order valence-corrected chi connectivity index (χ0v) is 62.6. The van der Waals surface area contributed by atoms with Crippen LogP contribution in [0, 0.1) is 0 Å². The summed E-state index contributed by atoms with van der Waals surface area (Å²) in [6.07, 6.45) is -76.2. The van der Waals surface area contributed by atoms with Crippen LogP contribution in [0.1, 0.15) is 55.4 Å². The summed E-state index contributed by atoms with van der Waals surface area (Å²) in [6.45, 7) is 11.4. The Labute approximate surface area is 635 Å². The van der Waals surface area contributed by atoms with Crippen LogP contribution in [0.3, 0.4) is 0 Å². The molecule has 14 bridgehead atoms. The highest BCUT2D eigenvalue weighted by Crippen LogP contribution is 2.40. The van der Waals surface area contributed by atoms with Gasteiger partial charge >= 0.3 is 0 Å². The van der Waals surface area contributed by atoms with E-state index in [-0.39, 0.29) is 46.2 Å². The quantitative estimate of drug-likeness (QED) is 0.0309. The molecule has 42 heteroatoms. The number of hydrogen-bond donors (Lipinski definition) is 21. The minimum absolute atomic E-state index is 0.379. The second kappa shape index (κ2) is 45.1. The van der Waals surface area contributed by atoms with Crippen LogP contribution < -0.4 is 0 Å². The fourth-order valence-electron chi connectivity index (χ4n) is 12.8. The molecule has 21 heterocycles. The van der Waals surface area contributed by atoms with Gasteiger partial charge in [0.15, 0.2) is 44.0 Å². The van der Waals surface area contributed by atoms with Gasteiger partial charge in [-0.1, -0.05) is 24.8 Å². The molecule has 0 aromatic carbocycles. The summed E-state index contributed by atoms with van der Waals surface area (Å²) in [5.74, 6) is 0. The summed E-state index contributed by atoms with van der Waals surface area (Å²) in [5.41, 5.74) is 1.02. The Balaban J connectivity index is 0.00000325. The minimum atomic E-state index is -2.24. The van der Waals surface area contributed by atoms with E-state index < -0.39 is 304 Å².